The fourth-order valence-corrected chi connectivity index (χ4v) is 4.49. The molecule has 0 radical (unpaired) electrons. The van der Waals surface area contributed by atoms with Gasteiger partial charge in [0.2, 0.25) is 5.91 Å². The summed E-state index contributed by atoms with van der Waals surface area (Å²) in [5.41, 5.74) is 4.54. The van der Waals surface area contributed by atoms with Crippen LogP contribution in [0.15, 0.2) is 55.0 Å². The minimum atomic E-state index is 0.0695. The van der Waals surface area contributed by atoms with Gasteiger partial charge in [0.15, 0.2) is 0 Å². The second-order valence-electron chi connectivity index (χ2n) is 8.39. The topological polar surface area (TPSA) is 69.0 Å². The lowest BCUT2D eigenvalue weighted by atomic mass is 9.79. The number of hydrogen-bond donors (Lipinski definition) is 1. The van der Waals surface area contributed by atoms with Gasteiger partial charge in [-0.05, 0) is 67.0 Å². The van der Waals surface area contributed by atoms with Gasteiger partial charge in [0.05, 0.1) is 19.2 Å². The molecular formula is C25H30N4O2. The van der Waals surface area contributed by atoms with Crippen LogP contribution in [0.3, 0.4) is 0 Å². The number of ether oxygens (including phenoxy) is 1. The predicted molar refractivity (Wildman–Crippen MR) is 121 cm³/mol. The third-order valence-corrected chi connectivity index (χ3v) is 6.17. The molecule has 2 heterocycles. The van der Waals surface area contributed by atoms with E-state index in [1.165, 1.54) is 16.8 Å². The molecular weight excluding hydrogens is 388 g/mol. The highest BCUT2D eigenvalue weighted by Gasteiger charge is 2.26. The maximum Gasteiger partial charge on any atom is 0.224 e. The maximum absolute atomic E-state index is 12.4. The van der Waals surface area contributed by atoms with Gasteiger partial charge in [-0.3, -0.25) is 14.5 Å². The van der Waals surface area contributed by atoms with Crippen LogP contribution in [0.25, 0.3) is 11.1 Å². The summed E-state index contributed by atoms with van der Waals surface area (Å²) >= 11 is 0. The number of carbonyl (C=O) groups is 1. The summed E-state index contributed by atoms with van der Waals surface area (Å²) in [4.78, 5) is 16.5. The van der Waals surface area contributed by atoms with Crippen LogP contribution in [0.4, 0.5) is 0 Å². The van der Waals surface area contributed by atoms with Gasteiger partial charge in [-0.1, -0.05) is 12.1 Å². The van der Waals surface area contributed by atoms with E-state index in [1.807, 2.05) is 60.5 Å². The van der Waals surface area contributed by atoms with Crippen molar-refractivity contribution in [2.75, 3.05) is 13.7 Å². The minimum Gasteiger partial charge on any atom is -0.497 e. The van der Waals surface area contributed by atoms with E-state index in [9.17, 15) is 4.79 Å². The number of methoxy groups -OCH3 is 1. The van der Waals surface area contributed by atoms with Gasteiger partial charge >= 0.3 is 0 Å². The summed E-state index contributed by atoms with van der Waals surface area (Å²) in [7, 11) is 3.62. The van der Waals surface area contributed by atoms with Crippen LogP contribution in [0.1, 0.15) is 42.9 Å². The van der Waals surface area contributed by atoms with E-state index in [4.69, 9.17) is 9.84 Å². The lowest BCUT2D eigenvalue weighted by Gasteiger charge is -2.28. The summed E-state index contributed by atoms with van der Waals surface area (Å²) in [5.74, 6) is 1.84. The first-order valence-corrected chi connectivity index (χ1v) is 11.0. The second kappa shape index (κ2) is 9.77. The molecule has 0 bridgehead atoms. The molecule has 1 fully saturated rings. The Balaban J connectivity index is 1.29. The number of pyridine rings is 1. The SMILES string of the molecule is COc1cccc(CC(=O)NCC2CCC(c3nn(C)cc3-c3ccncc3)CC2)c1. The van der Waals surface area contributed by atoms with Crippen molar-refractivity contribution in [1.29, 1.82) is 0 Å². The normalized spacial score (nSPS) is 18.5. The van der Waals surface area contributed by atoms with Gasteiger partial charge in [-0.15, -0.1) is 0 Å². The van der Waals surface area contributed by atoms with Crippen LogP contribution in [-0.4, -0.2) is 34.3 Å². The van der Waals surface area contributed by atoms with Crippen LogP contribution in [0.2, 0.25) is 0 Å². The average molecular weight is 419 g/mol. The van der Waals surface area contributed by atoms with Gasteiger partial charge < -0.3 is 10.1 Å². The molecule has 31 heavy (non-hydrogen) atoms. The van der Waals surface area contributed by atoms with Crippen LogP contribution < -0.4 is 10.1 Å². The number of nitrogens with one attached hydrogen (secondary N) is 1. The second-order valence-corrected chi connectivity index (χ2v) is 8.39. The number of rotatable bonds is 7. The summed E-state index contributed by atoms with van der Waals surface area (Å²) < 4.78 is 7.15. The standard InChI is InChI=1S/C25H30N4O2/c1-29-17-23(20-10-12-26-13-11-20)25(28-29)21-8-6-18(7-9-21)16-27-24(30)15-19-4-3-5-22(14-19)31-2/h3-5,10-14,17-18,21H,6-9,15-16H2,1-2H3,(H,27,30). The summed E-state index contributed by atoms with van der Waals surface area (Å²) in [6, 6.07) is 11.8. The Morgan fingerprint density at radius 1 is 1.16 bits per heavy atom. The molecule has 0 unspecified atom stereocenters. The predicted octanol–water partition coefficient (Wildman–Crippen LogP) is 4.12. The van der Waals surface area contributed by atoms with Crippen molar-refractivity contribution in [2.45, 2.75) is 38.0 Å². The molecule has 2 aromatic heterocycles. The van der Waals surface area contributed by atoms with Crippen molar-refractivity contribution in [3.05, 3.63) is 66.2 Å². The zero-order valence-electron chi connectivity index (χ0n) is 18.3. The molecule has 1 aliphatic carbocycles. The quantitative estimate of drug-likeness (QED) is 0.627. The van der Waals surface area contributed by atoms with Crippen molar-refractivity contribution in [2.24, 2.45) is 13.0 Å². The van der Waals surface area contributed by atoms with E-state index in [1.54, 1.807) is 7.11 Å². The molecule has 0 atom stereocenters. The third kappa shape index (κ3) is 5.32. The average Bonchev–Trinajstić information content (AvgIpc) is 3.20. The van der Waals surface area contributed by atoms with E-state index in [0.717, 1.165) is 43.5 Å². The molecule has 4 rings (SSSR count). The van der Waals surface area contributed by atoms with Gasteiger partial charge in [-0.2, -0.15) is 5.10 Å². The molecule has 0 aliphatic heterocycles. The molecule has 0 spiro atoms. The smallest absolute Gasteiger partial charge is 0.224 e. The van der Waals surface area contributed by atoms with Crippen LogP contribution in [0.5, 0.6) is 5.75 Å². The van der Waals surface area contributed by atoms with Crippen molar-refractivity contribution in [3.63, 3.8) is 0 Å². The summed E-state index contributed by atoms with van der Waals surface area (Å²) in [6.07, 6.45) is 10.6. The number of hydrogen-bond acceptors (Lipinski definition) is 4. The van der Waals surface area contributed by atoms with Crippen molar-refractivity contribution in [1.82, 2.24) is 20.1 Å². The molecule has 1 amide bonds. The largest absolute Gasteiger partial charge is 0.497 e. The third-order valence-electron chi connectivity index (χ3n) is 6.17. The highest BCUT2D eigenvalue weighted by molar-refractivity contribution is 5.78. The Labute approximate surface area is 183 Å². The van der Waals surface area contributed by atoms with Crippen LogP contribution in [-0.2, 0) is 18.3 Å². The number of aryl methyl sites for hydroxylation is 1. The van der Waals surface area contributed by atoms with E-state index < -0.39 is 0 Å². The molecule has 6 heteroatoms. The molecule has 1 saturated carbocycles. The van der Waals surface area contributed by atoms with E-state index >= 15 is 0 Å². The van der Waals surface area contributed by atoms with Gasteiger partial charge in [0.25, 0.3) is 0 Å². The zero-order valence-corrected chi connectivity index (χ0v) is 18.3. The Morgan fingerprint density at radius 2 is 1.94 bits per heavy atom. The lowest BCUT2D eigenvalue weighted by Crippen LogP contribution is -2.32. The number of aromatic nitrogens is 3. The van der Waals surface area contributed by atoms with E-state index in [-0.39, 0.29) is 5.91 Å². The molecule has 1 aliphatic rings. The molecule has 162 valence electrons. The Bertz CT molecular complexity index is 1010. The molecule has 0 saturated heterocycles. The number of nitrogens with zero attached hydrogens (tertiary/aromatic N) is 3. The zero-order chi connectivity index (χ0) is 21.6. The van der Waals surface area contributed by atoms with Crippen molar-refractivity contribution in [3.8, 4) is 16.9 Å². The van der Waals surface area contributed by atoms with E-state index in [2.05, 4.69) is 16.5 Å². The lowest BCUT2D eigenvalue weighted by molar-refractivity contribution is -0.120. The first-order valence-electron chi connectivity index (χ1n) is 11.0. The van der Waals surface area contributed by atoms with Crippen molar-refractivity contribution < 1.29 is 9.53 Å². The molecule has 1 aromatic carbocycles. The highest BCUT2D eigenvalue weighted by Crippen LogP contribution is 2.39. The fraction of sp³-hybridized carbons (Fsp3) is 0.400. The van der Waals surface area contributed by atoms with Crippen LogP contribution >= 0.6 is 0 Å². The molecule has 3 aromatic rings. The maximum atomic E-state index is 12.4. The van der Waals surface area contributed by atoms with Gasteiger partial charge in [-0.25, -0.2) is 0 Å². The van der Waals surface area contributed by atoms with Gasteiger partial charge in [0, 0.05) is 43.7 Å². The van der Waals surface area contributed by atoms with Crippen molar-refractivity contribution >= 4 is 5.91 Å². The fourth-order valence-electron chi connectivity index (χ4n) is 4.49. The molecule has 1 N–H and O–H groups in total. The Morgan fingerprint density at radius 3 is 2.68 bits per heavy atom. The minimum absolute atomic E-state index is 0.0695. The van der Waals surface area contributed by atoms with Crippen LogP contribution in [0, 0.1) is 5.92 Å². The monoisotopic (exact) mass is 418 g/mol. The highest BCUT2D eigenvalue weighted by atomic mass is 16.5. The number of carbonyl (C=O) groups excluding carboxylic acids is 1. The van der Waals surface area contributed by atoms with Gasteiger partial charge in [0.1, 0.15) is 5.75 Å². The Hall–Kier alpha value is -3.15. The summed E-state index contributed by atoms with van der Waals surface area (Å²) in [6.45, 7) is 0.745. The van der Waals surface area contributed by atoms with E-state index in [0.29, 0.717) is 18.3 Å². The first-order chi connectivity index (χ1) is 15.1. The Kier molecular flexibility index (Phi) is 6.65. The number of benzene rings is 1. The summed E-state index contributed by atoms with van der Waals surface area (Å²) in [5, 5.41) is 7.92. The first kappa shape index (κ1) is 21.1. The molecule has 6 nitrogen and oxygen atoms in total. The number of amides is 1.